The van der Waals surface area contributed by atoms with E-state index in [-0.39, 0.29) is 30.6 Å². The van der Waals surface area contributed by atoms with Gasteiger partial charge in [0.1, 0.15) is 22.9 Å². The molecule has 0 saturated carbocycles. The van der Waals surface area contributed by atoms with Crippen LogP contribution in [0.15, 0.2) is 122 Å². The lowest BCUT2D eigenvalue weighted by molar-refractivity contribution is -0.140. The van der Waals surface area contributed by atoms with Crippen molar-refractivity contribution in [3.8, 4) is 0 Å². The minimum atomic E-state index is -0.932. The minimum Gasteiger partial charge on any atom is -0.481 e. The first-order valence-electron chi connectivity index (χ1n) is 18.9. The first-order chi connectivity index (χ1) is 30.3. The Hall–Kier alpha value is -6.84. The molecular weight excluding hydrogens is 890 g/mol. The zero-order valence-electron chi connectivity index (χ0n) is 33.1. The molecule has 4 heterocycles. The second-order valence-electron chi connectivity index (χ2n) is 13.9. The van der Waals surface area contributed by atoms with Gasteiger partial charge in [0.25, 0.3) is 11.8 Å². The normalized spacial score (nSPS) is 10.9. The van der Waals surface area contributed by atoms with Crippen molar-refractivity contribution in [3.63, 3.8) is 0 Å². The van der Waals surface area contributed by atoms with E-state index >= 15 is 0 Å². The molecule has 4 aromatic carbocycles. The van der Waals surface area contributed by atoms with Crippen LogP contribution in [-0.2, 0) is 40.0 Å². The van der Waals surface area contributed by atoms with Crippen molar-refractivity contribution in [1.29, 1.82) is 0 Å². The van der Waals surface area contributed by atoms with E-state index in [4.69, 9.17) is 56.2 Å². The van der Waals surface area contributed by atoms with E-state index in [1.54, 1.807) is 71.8 Å². The predicted molar refractivity (Wildman–Crippen MR) is 240 cm³/mol. The van der Waals surface area contributed by atoms with Crippen molar-refractivity contribution < 1.29 is 29.0 Å². The van der Waals surface area contributed by atoms with Crippen LogP contribution < -0.4 is 10.6 Å². The Labute approximate surface area is 379 Å². The molecule has 0 saturated heterocycles. The van der Waals surface area contributed by atoms with E-state index in [2.05, 4.69) is 30.6 Å². The van der Waals surface area contributed by atoms with Gasteiger partial charge in [0.15, 0.2) is 0 Å². The zero-order chi connectivity index (χ0) is 44.6. The van der Waals surface area contributed by atoms with Crippen molar-refractivity contribution in [1.82, 2.24) is 28.7 Å². The molecule has 0 atom stereocenters. The maximum atomic E-state index is 12.4. The summed E-state index contributed by atoms with van der Waals surface area (Å²) in [6.07, 6.45) is 11.1. The van der Waals surface area contributed by atoms with Gasteiger partial charge in [-0.2, -0.15) is 0 Å². The summed E-state index contributed by atoms with van der Waals surface area (Å²) < 4.78 is 8.39. The molecule has 0 aliphatic carbocycles. The fraction of sp³-hybridized carbons (Fsp3) is 0.111. The highest BCUT2D eigenvalue weighted by atomic mass is 35.5. The molecular formula is C45H34Cl4N8O6. The fourth-order valence-corrected chi connectivity index (χ4v) is 7.00. The van der Waals surface area contributed by atoms with Crippen molar-refractivity contribution in [2.45, 2.75) is 25.7 Å². The lowest BCUT2D eigenvalue weighted by atomic mass is 10.1. The average Bonchev–Trinajstić information content (AvgIpc) is 3.98. The number of carbonyl (C=O) groups is 4. The Bertz CT molecular complexity index is 2990. The van der Waals surface area contributed by atoms with E-state index in [0.29, 0.717) is 77.9 Å². The van der Waals surface area contributed by atoms with E-state index in [1.165, 1.54) is 19.2 Å². The number of halogens is 4. The number of carboxylic acid groups (broad SMARTS) is 1. The van der Waals surface area contributed by atoms with Crippen LogP contribution in [0.3, 0.4) is 0 Å². The number of anilines is 2. The lowest BCUT2D eigenvalue weighted by Gasteiger charge is -2.10. The van der Waals surface area contributed by atoms with Gasteiger partial charge in [0, 0.05) is 83.7 Å². The van der Waals surface area contributed by atoms with Crippen molar-refractivity contribution in [3.05, 3.63) is 187 Å². The maximum Gasteiger partial charge on any atom is 0.310 e. The number of nitrogens with zero attached hydrogens (tertiary/aromatic N) is 6. The summed E-state index contributed by atoms with van der Waals surface area (Å²) in [6, 6.07) is 24.3. The van der Waals surface area contributed by atoms with Crippen LogP contribution in [0.2, 0.25) is 20.1 Å². The average molecular weight is 925 g/mol. The standard InChI is InChI=1S/C23H18Cl2N4O3.C22H16Cl2N4O3/c1-32-21(30)12-16-13-27-20(29-9-8-26-22(16)29)10-14-2-5-17(6-3-14)28-23(31)15-4-7-18(24)19(25)11-15;23-17-6-3-14(10-18(17)24)22(31)27-16-4-1-13(2-5-16)9-19-26-12-15(11-20(29)30)21-25-7-8-28(19)21/h2-9,11,13H,10,12H2,1H3,(H,28,31);1-8,10,12H,9,11H2,(H,27,31)(H,29,30). The number of rotatable bonds is 12. The quantitative estimate of drug-likeness (QED) is 0.100. The molecule has 4 aromatic heterocycles. The first-order valence-corrected chi connectivity index (χ1v) is 20.4. The summed E-state index contributed by atoms with van der Waals surface area (Å²) in [7, 11) is 1.35. The molecule has 0 spiro atoms. The first kappa shape index (κ1) is 44.2. The minimum absolute atomic E-state index is 0.109. The molecule has 3 N–H and O–H groups in total. The van der Waals surface area contributed by atoms with E-state index in [0.717, 1.165) is 22.8 Å². The maximum absolute atomic E-state index is 12.4. The molecule has 0 aliphatic rings. The number of carboxylic acids is 1. The van der Waals surface area contributed by atoms with Crippen molar-refractivity contribution in [2.24, 2.45) is 0 Å². The van der Waals surface area contributed by atoms with Gasteiger partial charge in [0.05, 0.1) is 40.0 Å². The number of imidazole rings is 2. The number of hydrogen-bond acceptors (Lipinski definition) is 9. The van der Waals surface area contributed by atoms with E-state index in [1.807, 2.05) is 47.0 Å². The number of hydrogen-bond donors (Lipinski definition) is 3. The van der Waals surface area contributed by atoms with Gasteiger partial charge in [0.2, 0.25) is 0 Å². The predicted octanol–water partition coefficient (Wildman–Crippen LogP) is 9.10. The third kappa shape index (κ3) is 11.0. The third-order valence-electron chi connectivity index (χ3n) is 9.57. The molecule has 0 radical (unpaired) electrons. The van der Waals surface area contributed by atoms with E-state index < -0.39 is 5.97 Å². The number of benzene rings is 4. The molecule has 318 valence electrons. The molecule has 8 rings (SSSR count). The van der Waals surface area contributed by atoms with Gasteiger partial charge in [-0.3, -0.25) is 28.0 Å². The monoisotopic (exact) mass is 922 g/mol. The SMILES string of the molecule is COC(=O)Cc1cnc(Cc2ccc(NC(=O)c3ccc(Cl)c(Cl)c3)cc2)n2ccnc12.O=C(O)Cc1cnc(Cc2ccc(NC(=O)c3ccc(Cl)c(Cl)c3)cc2)n2ccnc12. The second kappa shape index (κ2) is 19.9. The van der Waals surface area contributed by atoms with Gasteiger partial charge in [-0.1, -0.05) is 70.7 Å². The number of carbonyl (C=O) groups excluding carboxylic acids is 3. The summed E-state index contributed by atoms with van der Waals surface area (Å²) in [5.74, 6) is -0.338. The van der Waals surface area contributed by atoms with Crippen LogP contribution in [0, 0.1) is 0 Å². The molecule has 2 amide bonds. The third-order valence-corrected chi connectivity index (χ3v) is 11.0. The molecule has 14 nitrogen and oxygen atoms in total. The van der Waals surface area contributed by atoms with Crippen LogP contribution >= 0.6 is 46.4 Å². The zero-order valence-corrected chi connectivity index (χ0v) is 36.1. The molecule has 8 aromatic rings. The summed E-state index contributed by atoms with van der Waals surface area (Å²) in [5, 5.41) is 16.1. The number of ether oxygens (including phenoxy) is 1. The van der Waals surface area contributed by atoms with Gasteiger partial charge in [-0.15, -0.1) is 0 Å². The van der Waals surface area contributed by atoms with Crippen LogP contribution in [0.5, 0.6) is 0 Å². The molecule has 0 unspecified atom stereocenters. The Morgan fingerprint density at radius 2 is 1.02 bits per heavy atom. The Morgan fingerprint density at radius 3 is 1.41 bits per heavy atom. The summed E-state index contributed by atoms with van der Waals surface area (Å²) in [6.45, 7) is 0. The van der Waals surface area contributed by atoms with Crippen molar-refractivity contribution >= 4 is 92.8 Å². The second-order valence-corrected chi connectivity index (χ2v) is 15.5. The molecule has 18 heteroatoms. The largest absolute Gasteiger partial charge is 0.481 e. The number of esters is 1. The number of nitrogens with one attached hydrogen (secondary N) is 2. The van der Waals surface area contributed by atoms with Gasteiger partial charge in [-0.25, -0.2) is 19.9 Å². The summed E-state index contributed by atoms with van der Waals surface area (Å²) >= 11 is 23.7. The molecule has 63 heavy (non-hydrogen) atoms. The van der Waals surface area contributed by atoms with Crippen LogP contribution in [0.25, 0.3) is 11.3 Å². The van der Waals surface area contributed by atoms with Crippen molar-refractivity contribution in [2.75, 3.05) is 17.7 Å². The number of fused-ring (bicyclic) bond motifs is 2. The number of methoxy groups -OCH3 is 1. The Morgan fingerprint density at radius 1 is 0.587 bits per heavy atom. The number of aromatic nitrogens is 6. The van der Waals surface area contributed by atoms with Gasteiger partial charge >= 0.3 is 11.9 Å². The molecule has 0 bridgehead atoms. The van der Waals surface area contributed by atoms with Crippen LogP contribution in [0.4, 0.5) is 11.4 Å². The summed E-state index contributed by atoms with van der Waals surface area (Å²) in [4.78, 5) is 65.0. The van der Waals surface area contributed by atoms with E-state index in [9.17, 15) is 19.2 Å². The van der Waals surface area contributed by atoms with Gasteiger partial charge in [-0.05, 0) is 71.8 Å². The fourth-order valence-electron chi connectivity index (χ4n) is 6.40. The Kier molecular flexibility index (Phi) is 14.0. The smallest absolute Gasteiger partial charge is 0.310 e. The van der Waals surface area contributed by atoms with Crippen LogP contribution in [-0.4, -0.2) is 64.7 Å². The topological polar surface area (TPSA) is 182 Å². The number of amides is 2. The highest BCUT2D eigenvalue weighted by molar-refractivity contribution is 6.42. The lowest BCUT2D eigenvalue weighted by Crippen LogP contribution is -2.12. The molecule has 0 aliphatic heterocycles. The Balaban J connectivity index is 0.000000189. The highest BCUT2D eigenvalue weighted by Crippen LogP contribution is 2.25. The van der Waals surface area contributed by atoms with Gasteiger partial charge < -0.3 is 20.5 Å². The highest BCUT2D eigenvalue weighted by Gasteiger charge is 2.15. The number of aliphatic carboxylic acids is 1. The molecule has 0 fully saturated rings. The van der Waals surface area contributed by atoms with Crippen LogP contribution in [0.1, 0.15) is 54.6 Å². The summed E-state index contributed by atoms with van der Waals surface area (Å²) in [5.41, 5.74) is 6.60.